The quantitative estimate of drug-likeness (QED) is 0.675. The normalized spacial score (nSPS) is 11.9. The van der Waals surface area contributed by atoms with Gasteiger partial charge >= 0.3 is 5.97 Å². The first kappa shape index (κ1) is 14.7. The molecule has 0 aliphatic carbocycles. The number of nitro groups is 1. The van der Waals surface area contributed by atoms with E-state index < -0.39 is 16.8 Å². The van der Waals surface area contributed by atoms with Gasteiger partial charge in [-0.1, -0.05) is 42.0 Å². The number of hydrogen-bond donors (Lipinski definition) is 1. The van der Waals surface area contributed by atoms with E-state index in [2.05, 4.69) is 0 Å². The van der Waals surface area contributed by atoms with Crippen LogP contribution in [-0.4, -0.2) is 16.0 Å². The van der Waals surface area contributed by atoms with Crippen LogP contribution in [0.1, 0.15) is 22.6 Å². The maximum Gasteiger partial charge on any atom is 0.311 e. The van der Waals surface area contributed by atoms with Crippen molar-refractivity contribution >= 4 is 11.7 Å². The van der Waals surface area contributed by atoms with Crippen molar-refractivity contribution in [3.8, 4) is 0 Å². The molecular weight excluding hydrogens is 270 g/mol. The third-order valence-corrected chi connectivity index (χ3v) is 3.33. The van der Waals surface area contributed by atoms with E-state index in [1.807, 2.05) is 31.2 Å². The highest BCUT2D eigenvalue weighted by molar-refractivity contribution is 5.76. The van der Waals surface area contributed by atoms with E-state index in [1.54, 1.807) is 0 Å². The molecule has 5 nitrogen and oxygen atoms in total. The number of carboxylic acids is 1. The van der Waals surface area contributed by atoms with Crippen LogP contribution in [0.4, 0.5) is 5.69 Å². The van der Waals surface area contributed by atoms with Crippen LogP contribution in [0.25, 0.3) is 0 Å². The van der Waals surface area contributed by atoms with Crippen LogP contribution in [0, 0.1) is 17.0 Å². The molecule has 0 aliphatic rings. The van der Waals surface area contributed by atoms with Crippen molar-refractivity contribution in [3.05, 3.63) is 75.3 Å². The van der Waals surface area contributed by atoms with Gasteiger partial charge in [-0.05, 0) is 24.5 Å². The van der Waals surface area contributed by atoms with Gasteiger partial charge in [0.15, 0.2) is 0 Å². The number of rotatable bonds is 5. The van der Waals surface area contributed by atoms with Crippen LogP contribution in [0.2, 0.25) is 0 Å². The minimum atomic E-state index is -0.939. The Balaban J connectivity index is 2.26. The van der Waals surface area contributed by atoms with Gasteiger partial charge < -0.3 is 5.11 Å². The molecule has 0 saturated carbocycles. The lowest BCUT2D eigenvalue weighted by Crippen LogP contribution is -2.14. The average Bonchev–Trinajstić information content (AvgIpc) is 2.44. The second-order valence-corrected chi connectivity index (χ2v) is 4.93. The summed E-state index contributed by atoms with van der Waals surface area (Å²) in [4.78, 5) is 21.6. The third kappa shape index (κ3) is 3.66. The van der Waals surface area contributed by atoms with E-state index in [1.165, 1.54) is 24.3 Å². The zero-order valence-electron chi connectivity index (χ0n) is 11.5. The van der Waals surface area contributed by atoms with Crippen molar-refractivity contribution in [1.29, 1.82) is 0 Å². The SMILES string of the molecule is Cc1cccc(CC(C(=O)O)c2ccc([N+](=O)[O-])cc2)c1. The molecule has 2 aromatic rings. The van der Waals surface area contributed by atoms with E-state index in [4.69, 9.17) is 0 Å². The molecule has 21 heavy (non-hydrogen) atoms. The van der Waals surface area contributed by atoms with Crippen molar-refractivity contribution in [2.24, 2.45) is 0 Å². The summed E-state index contributed by atoms with van der Waals surface area (Å²) in [6.07, 6.45) is 0.356. The van der Waals surface area contributed by atoms with E-state index in [0.717, 1.165) is 11.1 Å². The number of aliphatic carboxylic acids is 1. The summed E-state index contributed by atoms with van der Waals surface area (Å²) in [5.74, 6) is -1.65. The highest BCUT2D eigenvalue weighted by Gasteiger charge is 2.21. The molecule has 1 N–H and O–H groups in total. The van der Waals surface area contributed by atoms with Crippen molar-refractivity contribution < 1.29 is 14.8 Å². The topological polar surface area (TPSA) is 80.4 Å². The number of hydrogen-bond acceptors (Lipinski definition) is 3. The Kier molecular flexibility index (Phi) is 4.33. The standard InChI is InChI=1S/C16H15NO4/c1-11-3-2-4-12(9-11)10-15(16(18)19)13-5-7-14(8-6-13)17(20)21/h2-9,15H,10H2,1H3,(H,18,19). The molecule has 5 heteroatoms. The summed E-state index contributed by atoms with van der Waals surface area (Å²) in [7, 11) is 0. The Morgan fingerprint density at radius 2 is 1.90 bits per heavy atom. The third-order valence-electron chi connectivity index (χ3n) is 3.33. The lowest BCUT2D eigenvalue weighted by molar-refractivity contribution is -0.384. The van der Waals surface area contributed by atoms with Gasteiger partial charge in [0, 0.05) is 12.1 Å². The van der Waals surface area contributed by atoms with Crippen LogP contribution in [0.5, 0.6) is 0 Å². The van der Waals surface area contributed by atoms with Crippen molar-refractivity contribution in [2.75, 3.05) is 0 Å². The molecule has 1 atom stereocenters. The fourth-order valence-corrected chi connectivity index (χ4v) is 2.25. The first-order valence-corrected chi connectivity index (χ1v) is 6.50. The van der Waals surface area contributed by atoms with Gasteiger partial charge in [-0.2, -0.15) is 0 Å². The molecule has 1 unspecified atom stereocenters. The summed E-state index contributed by atoms with van der Waals surface area (Å²) in [6, 6.07) is 13.3. The monoisotopic (exact) mass is 285 g/mol. The van der Waals surface area contributed by atoms with Crippen molar-refractivity contribution in [2.45, 2.75) is 19.3 Å². The maximum absolute atomic E-state index is 11.5. The fourth-order valence-electron chi connectivity index (χ4n) is 2.25. The Hall–Kier alpha value is -2.69. The van der Waals surface area contributed by atoms with E-state index >= 15 is 0 Å². The predicted molar refractivity (Wildman–Crippen MR) is 78.4 cm³/mol. The van der Waals surface area contributed by atoms with E-state index in [9.17, 15) is 20.0 Å². The van der Waals surface area contributed by atoms with Gasteiger partial charge in [-0.3, -0.25) is 14.9 Å². The second-order valence-electron chi connectivity index (χ2n) is 4.93. The predicted octanol–water partition coefficient (Wildman–Crippen LogP) is 3.31. The van der Waals surface area contributed by atoms with Gasteiger partial charge in [0.25, 0.3) is 5.69 Å². The molecule has 2 aromatic carbocycles. The lowest BCUT2D eigenvalue weighted by Gasteiger charge is -2.13. The number of non-ortho nitro benzene ring substituents is 1. The van der Waals surface area contributed by atoms with Crippen molar-refractivity contribution in [1.82, 2.24) is 0 Å². The number of aryl methyl sites for hydroxylation is 1. The number of nitrogens with zero attached hydrogens (tertiary/aromatic N) is 1. The van der Waals surface area contributed by atoms with Crippen LogP contribution in [-0.2, 0) is 11.2 Å². The number of nitro benzene ring substituents is 1. The number of carboxylic acid groups (broad SMARTS) is 1. The summed E-state index contributed by atoms with van der Waals surface area (Å²) in [5, 5.41) is 20.0. The van der Waals surface area contributed by atoms with Gasteiger partial charge in [-0.15, -0.1) is 0 Å². The summed E-state index contributed by atoms with van der Waals surface area (Å²) < 4.78 is 0. The minimum Gasteiger partial charge on any atom is -0.481 e. The molecule has 0 aromatic heterocycles. The zero-order chi connectivity index (χ0) is 15.4. The Bertz CT molecular complexity index is 664. The summed E-state index contributed by atoms with van der Waals surface area (Å²) in [6.45, 7) is 1.95. The van der Waals surface area contributed by atoms with E-state index in [0.29, 0.717) is 12.0 Å². The van der Waals surface area contributed by atoms with Gasteiger partial charge in [0.1, 0.15) is 0 Å². The molecule has 2 rings (SSSR count). The highest BCUT2D eigenvalue weighted by atomic mass is 16.6. The summed E-state index contributed by atoms with van der Waals surface area (Å²) >= 11 is 0. The lowest BCUT2D eigenvalue weighted by atomic mass is 9.91. The van der Waals surface area contributed by atoms with Crippen LogP contribution >= 0.6 is 0 Å². The molecule has 0 amide bonds. The molecular formula is C16H15NO4. The first-order chi connectivity index (χ1) is 9.97. The largest absolute Gasteiger partial charge is 0.481 e. The molecule has 0 heterocycles. The minimum absolute atomic E-state index is 0.0431. The highest BCUT2D eigenvalue weighted by Crippen LogP contribution is 2.24. The number of carbonyl (C=O) groups is 1. The molecule has 0 spiro atoms. The molecule has 0 saturated heterocycles. The Labute approximate surface area is 122 Å². The van der Waals surface area contributed by atoms with E-state index in [-0.39, 0.29) is 5.69 Å². The van der Waals surface area contributed by atoms with Crippen molar-refractivity contribution in [3.63, 3.8) is 0 Å². The molecule has 0 radical (unpaired) electrons. The number of benzene rings is 2. The van der Waals surface area contributed by atoms with Crippen LogP contribution in [0.15, 0.2) is 48.5 Å². The summed E-state index contributed by atoms with van der Waals surface area (Å²) in [5.41, 5.74) is 2.52. The first-order valence-electron chi connectivity index (χ1n) is 6.50. The Morgan fingerprint density at radius 3 is 2.43 bits per heavy atom. The van der Waals surface area contributed by atoms with Gasteiger partial charge in [0.2, 0.25) is 0 Å². The average molecular weight is 285 g/mol. The molecule has 0 fully saturated rings. The fraction of sp³-hybridized carbons (Fsp3) is 0.188. The van der Waals surface area contributed by atoms with Gasteiger partial charge in [0.05, 0.1) is 10.8 Å². The Morgan fingerprint density at radius 1 is 1.24 bits per heavy atom. The van der Waals surface area contributed by atoms with Crippen LogP contribution in [0.3, 0.4) is 0 Å². The smallest absolute Gasteiger partial charge is 0.311 e. The zero-order valence-corrected chi connectivity index (χ0v) is 11.5. The maximum atomic E-state index is 11.5. The molecule has 0 bridgehead atoms. The molecule has 108 valence electrons. The van der Waals surface area contributed by atoms with Gasteiger partial charge in [-0.25, -0.2) is 0 Å². The van der Waals surface area contributed by atoms with Crippen LogP contribution < -0.4 is 0 Å². The second kappa shape index (κ2) is 6.17. The molecule has 0 aliphatic heterocycles.